The molecule has 0 atom stereocenters. The van der Waals surface area contributed by atoms with Crippen molar-refractivity contribution >= 4 is 48.0 Å². The van der Waals surface area contributed by atoms with Gasteiger partial charge in [0.05, 0.1) is 21.7 Å². The van der Waals surface area contributed by atoms with Crippen molar-refractivity contribution in [1.29, 1.82) is 0 Å². The van der Waals surface area contributed by atoms with Crippen LogP contribution in [-0.2, 0) is 9.05 Å². The van der Waals surface area contributed by atoms with Crippen LogP contribution in [0.3, 0.4) is 0 Å². The molecule has 0 radical (unpaired) electrons. The Hall–Kier alpha value is -2.70. The van der Waals surface area contributed by atoms with Gasteiger partial charge in [0.2, 0.25) is 0 Å². The molecule has 0 bridgehead atoms. The fourth-order valence-corrected chi connectivity index (χ4v) is 4.17. The number of nitrogens with zero attached hydrogens (tertiary/aromatic N) is 1. The van der Waals surface area contributed by atoms with E-state index in [0.717, 1.165) is 4.90 Å². The maximum absolute atomic E-state index is 12.7. The molecule has 0 saturated carbocycles. The molecular weight excluding hydrogens is 362 g/mol. The third-order valence-corrected chi connectivity index (χ3v) is 5.54. The van der Waals surface area contributed by atoms with Crippen LogP contribution in [0.1, 0.15) is 20.7 Å². The summed E-state index contributed by atoms with van der Waals surface area (Å²) in [7, 11) is 1.54. The van der Waals surface area contributed by atoms with Gasteiger partial charge in [0, 0.05) is 21.5 Å². The lowest BCUT2D eigenvalue weighted by molar-refractivity contribution is 0.0926. The molecule has 0 fully saturated rings. The number of halogens is 1. The van der Waals surface area contributed by atoms with E-state index in [1.165, 1.54) is 12.1 Å². The van der Waals surface area contributed by atoms with E-state index in [1.807, 2.05) is 0 Å². The largest absolute Gasteiger partial charge is 0.268 e. The van der Waals surface area contributed by atoms with Crippen LogP contribution in [-0.4, -0.2) is 20.2 Å². The molecule has 0 aromatic heterocycles. The molecule has 2 amide bonds. The summed E-state index contributed by atoms with van der Waals surface area (Å²) in [5.41, 5.74) is 0.974. The van der Waals surface area contributed by atoms with E-state index in [2.05, 4.69) is 0 Å². The van der Waals surface area contributed by atoms with E-state index >= 15 is 0 Å². The predicted octanol–water partition coefficient (Wildman–Crippen LogP) is 3.57. The molecule has 1 heterocycles. The Balaban J connectivity index is 1.98. The molecule has 25 heavy (non-hydrogen) atoms. The second-order valence-electron chi connectivity index (χ2n) is 5.56. The molecule has 0 N–H and O–H groups in total. The standard InChI is InChI=1S/C18H10ClNO4S/c19-25(23,24)16-10-4-7-11-12(16)8-3-9-15(11)20-17(21)13-5-1-2-6-14(13)18(20)22/h1-10H. The maximum atomic E-state index is 12.7. The zero-order valence-corrected chi connectivity index (χ0v) is 14.2. The van der Waals surface area contributed by atoms with Crippen LogP contribution in [0.4, 0.5) is 5.69 Å². The van der Waals surface area contributed by atoms with Gasteiger partial charge in [-0.25, -0.2) is 13.3 Å². The van der Waals surface area contributed by atoms with E-state index in [0.29, 0.717) is 27.6 Å². The fourth-order valence-electron chi connectivity index (χ4n) is 3.08. The third kappa shape index (κ3) is 2.33. The monoisotopic (exact) mass is 371 g/mol. The first-order valence-corrected chi connectivity index (χ1v) is 9.65. The zero-order valence-electron chi connectivity index (χ0n) is 12.6. The Morgan fingerprint density at radius 1 is 0.720 bits per heavy atom. The number of anilines is 1. The number of amides is 2. The molecule has 5 nitrogen and oxygen atoms in total. The number of imide groups is 1. The fraction of sp³-hybridized carbons (Fsp3) is 0. The highest BCUT2D eigenvalue weighted by Gasteiger charge is 2.37. The van der Waals surface area contributed by atoms with Gasteiger partial charge in [-0.15, -0.1) is 0 Å². The van der Waals surface area contributed by atoms with Crippen molar-refractivity contribution in [2.24, 2.45) is 0 Å². The number of hydrogen-bond donors (Lipinski definition) is 0. The first-order chi connectivity index (χ1) is 11.9. The van der Waals surface area contributed by atoms with E-state index in [-0.39, 0.29) is 4.90 Å². The van der Waals surface area contributed by atoms with E-state index in [1.54, 1.807) is 48.5 Å². The van der Waals surface area contributed by atoms with Crippen LogP contribution in [0.15, 0.2) is 65.6 Å². The van der Waals surface area contributed by atoms with E-state index in [9.17, 15) is 18.0 Å². The summed E-state index contributed by atoms with van der Waals surface area (Å²) in [6.45, 7) is 0. The van der Waals surface area contributed by atoms with Gasteiger partial charge in [0.25, 0.3) is 20.9 Å². The molecule has 0 saturated heterocycles. The summed E-state index contributed by atoms with van der Waals surface area (Å²) < 4.78 is 23.6. The molecule has 4 rings (SSSR count). The van der Waals surface area contributed by atoms with Crippen LogP contribution in [0.2, 0.25) is 0 Å². The normalized spacial score (nSPS) is 14.2. The topological polar surface area (TPSA) is 71.5 Å². The molecule has 0 unspecified atom stereocenters. The molecule has 7 heteroatoms. The summed E-state index contributed by atoms with van der Waals surface area (Å²) in [4.78, 5) is 26.4. The average molecular weight is 372 g/mol. The molecule has 3 aromatic rings. The molecule has 3 aromatic carbocycles. The summed E-state index contributed by atoms with van der Waals surface area (Å²) in [5, 5.41) is 0.810. The summed E-state index contributed by atoms with van der Waals surface area (Å²) >= 11 is 0. The van der Waals surface area contributed by atoms with Gasteiger partial charge >= 0.3 is 0 Å². The van der Waals surface area contributed by atoms with Gasteiger partial charge in [-0.2, -0.15) is 0 Å². The molecule has 0 spiro atoms. The number of hydrogen-bond acceptors (Lipinski definition) is 4. The first kappa shape index (κ1) is 15.8. The second-order valence-corrected chi connectivity index (χ2v) is 8.09. The van der Waals surface area contributed by atoms with E-state index in [4.69, 9.17) is 10.7 Å². The lowest BCUT2D eigenvalue weighted by Gasteiger charge is -2.17. The number of rotatable bonds is 2. The Morgan fingerprint density at radius 2 is 1.28 bits per heavy atom. The van der Waals surface area contributed by atoms with Crippen LogP contribution >= 0.6 is 10.7 Å². The van der Waals surface area contributed by atoms with Crippen LogP contribution in [0, 0.1) is 0 Å². The molecule has 1 aliphatic rings. The number of carbonyl (C=O) groups is 2. The number of benzene rings is 3. The zero-order chi connectivity index (χ0) is 17.8. The van der Waals surface area contributed by atoms with Crippen molar-refractivity contribution in [1.82, 2.24) is 0 Å². The Morgan fingerprint density at radius 3 is 1.88 bits per heavy atom. The third-order valence-electron chi connectivity index (χ3n) is 4.16. The number of fused-ring (bicyclic) bond motifs is 2. The van der Waals surface area contributed by atoms with Crippen LogP contribution in [0.25, 0.3) is 10.8 Å². The minimum Gasteiger partial charge on any atom is -0.268 e. The van der Waals surface area contributed by atoms with Crippen molar-refractivity contribution in [3.05, 3.63) is 71.8 Å². The van der Waals surface area contributed by atoms with Gasteiger partial charge in [-0.3, -0.25) is 9.59 Å². The lowest BCUT2D eigenvalue weighted by Crippen LogP contribution is -2.29. The quantitative estimate of drug-likeness (QED) is 0.510. The molecular formula is C18H10ClNO4S. The maximum Gasteiger partial charge on any atom is 0.266 e. The minimum atomic E-state index is -3.97. The number of carbonyl (C=O) groups excluding carboxylic acids is 2. The van der Waals surface area contributed by atoms with Crippen LogP contribution in [0.5, 0.6) is 0 Å². The first-order valence-electron chi connectivity index (χ1n) is 7.34. The van der Waals surface area contributed by atoms with Crippen molar-refractivity contribution in [3.8, 4) is 0 Å². The Kier molecular flexibility index (Phi) is 3.42. The highest BCUT2D eigenvalue weighted by Crippen LogP contribution is 2.36. The second kappa shape index (κ2) is 5.40. The highest BCUT2D eigenvalue weighted by molar-refractivity contribution is 8.14. The van der Waals surface area contributed by atoms with Crippen molar-refractivity contribution in [2.45, 2.75) is 4.90 Å². The minimum absolute atomic E-state index is 0.0647. The Labute approximate surface area is 147 Å². The summed E-state index contributed by atoms with van der Waals surface area (Å²) in [6, 6.07) is 15.9. The van der Waals surface area contributed by atoms with Gasteiger partial charge < -0.3 is 0 Å². The van der Waals surface area contributed by atoms with Gasteiger partial charge in [0.15, 0.2) is 0 Å². The van der Waals surface area contributed by atoms with Gasteiger partial charge in [-0.1, -0.05) is 36.4 Å². The van der Waals surface area contributed by atoms with Gasteiger partial charge in [-0.05, 0) is 24.3 Å². The van der Waals surface area contributed by atoms with Crippen molar-refractivity contribution in [2.75, 3.05) is 4.90 Å². The van der Waals surface area contributed by atoms with Crippen LogP contribution < -0.4 is 4.90 Å². The molecule has 0 aliphatic carbocycles. The van der Waals surface area contributed by atoms with Crippen molar-refractivity contribution < 1.29 is 18.0 Å². The predicted molar refractivity (Wildman–Crippen MR) is 94.6 cm³/mol. The summed E-state index contributed by atoms with van der Waals surface area (Å²) in [5.74, 6) is -0.875. The van der Waals surface area contributed by atoms with Crippen molar-refractivity contribution in [3.63, 3.8) is 0 Å². The highest BCUT2D eigenvalue weighted by atomic mass is 35.7. The lowest BCUT2D eigenvalue weighted by atomic mass is 10.1. The SMILES string of the molecule is O=C1c2ccccc2C(=O)N1c1cccc2c(S(=O)(=O)Cl)cccc12. The molecule has 1 aliphatic heterocycles. The van der Waals surface area contributed by atoms with E-state index < -0.39 is 20.9 Å². The smallest absolute Gasteiger partial charge is 0.266 e. The average Bonchev–Trinajstić information content (AvgIpc) is 2.84. The molecule has 124 valence electrons. The Bertz CT molecular complexity index is 1140. The van der Waals surface area contributed by atoms with Gasteiger partial charge in [0.1, 0.15) is 0 Å². The summed E-state index contributed by atoms with van der Waals surface area (Å²) in [6.07, 6.45) is 0.